The zero-order chi connectivity index (χ0) is 10.3. The number of nitrogens with two attached hydrogens (primary N) is 1. The van der Waals surface area contributed by atoms with E-state index in [-0.39, 0.29) is 18.1 Å². The van der Waals surface area contributed by atoms with Crippen molar-refractivity contribution in [3.8, 4) is 0 Å². The summed E-state index contributed by atoms with van der Waals surface area (Å²) in [6.07, 6.45) is 0. The van der Waals surface area contributed by atoms with Crippen LogP contribution in [0.2, 0.25) is 0 Å². The molecule has 0 aromatic heterocycles. The second-order valence-electron chi connectivity index (χ2n) is 3.58. The van der Waals surface area contributed by atoms with Crippen molar-refractivity contribution in [2.75, 3.05) is 19.8 Å². The van der Waals surface area contributed by atoms with Gasteiger partial charge in [-0.25, -0.2) is 5.48 Å². The third-order valence-corrected chi connectivity index (χ3v) is 0.966. The summed E-state index contributed by atoms with van der Waals surface area (Å²) in [7, 11) is 0. The maximum absolute atomic E-state index is 11.0. The molecule has 3 N–H and O–H groups in total. The highest BCUT2D eigenvalue weighted by Gasteiger charge is 2.12. The highest BCUT2D eigenvalue weighted by atomic mass is 16.7. The van der Waals surface area contributed by atoms with Crippen LogP contribution >= 0.6 is 0 Å². The van der Waals surface area contributed by atoms with E-state index in [9.17, 15) is 4.79 Å². The van der Waals surface area contributed by atoms with Crippen LogP contribution in [0.5, 0.6) is 0 Å². The number of carbonyl (C=O) groups is 1. The Morgan fingerprint density at radius 3 is 2.54 bits per heavy atom. The fourth-order valence-corrected chi connectivity index (χ4v) is 0.488. The minimum absolute atomic E-state index is 0.0206. The van der Waals surface area contributed by atoms with E-state index in [0.717, 1.165) is 0 Å². The van der Waals surface area contributed by atoms with E-state index in [2.05, 4.69) is 5.48 Å². The van der Waals surface area contributed by atoms with Crippen molar-refractivity contribution >= 4 is 5.91 Å². The Bertz CT molecular complexity index is 154. The Hall–Kier alpha value is -0.650. The zero-order valence-corrected chi connectivity index (χ0v) is 8.42. The quantitative estimate of drug-likeness (QED) is 0.465. The summed E-state index contributed by atoms with van der Waals surface area (Å²) in [5.74, 6) is -0.302. The number of nitrogens with one attached hydrogen (secondary N) is 1. The lowest BCUT2D eigenvalue weighted by Crippen LogP contribution is -2.35. The van der Waals surface area contributed by atoms with Gasteiger partial charge in [0, 0.05) is 6.54 Å². The minimum Gasteiger partial charge on any atom is -0.370 e. The van der Waals surface area contributed by atoms with Crippen molar-refractivity contribution in [3.63, 3.8) is 0 Å². The van der Waals surface area contributed by atoms with Crippen LogP contribution in [0.1, 0.15) is 20.8 Å². The highest BCUT2D eigenvalue weighted by molar-refractivity contribution is 5.76. The standard InChI is InChI=1S/C8H18N2O3/c1-8(2,3)13-10-7(11)6-12-5-4-9/h4-6,9H2,1-3H3,(H,10,11). The summed E-state index contributed by atoms with van der Waals surface area (Å²) in [5, 5.41) is 0. The van der Waals surface area contributed by atoms with Gasteiger partial charge in [-0.2, -0.15) is 0 Å². The first-order chi connectivity index (χ1) is 5.95. The van der Waals surface area contributed by atoms with Crippen LogP contribution < -0.4 is 11.2 Å². The third kappa shape index (κ3) is 9.26. The van der Waals surface area contributed by atoms with Gasteiger partial charge >= 0.3 is 0 Å². The van der Waals surface area contributed by atoms with Gasteiger partial charge in [0.25, 0.3) is 5.91 Å². The van der Waals surface area contributed by atoms with E-state index in [0.29, 0.717) is 13.2 Å². The molecule has 0 bridgehead atoms. The fourth-order valence-electron chi connectivity index (χ4n) is 0.488. The molecule has 0 aliphatic heterocycles. The first-order valence-corrected chi connectivity index (χ1v) is 4.20. The van der Waals surface area contributed by atoms with Crippen molar-refractivity contribution in [2.24, 2.45) is 5.73 Å². The number of rotatable bonds is 5. The smallest absolute Gasteiger partial charge is 0.269 e. The lowest BCUT2D eigenvalue weighted by Gasteiger charge is -2.18. The van der Waals surface area contributed by atoms with E-state index in [1.165, 1.54) is 0 Å². The topological polar surface area (TPSA) is 73.6 Å². The number of hydrogen-bond donors (Lipinski definition) is 2. The summed E-state index contributed by atoms with van der Waals surface area (Å²) in [6, 6.07) is 0. The summed E-state index contributed by atoms with van der Waals surface area (Å²) in [4.78, 5) is 16.0. The normalized spacial score (nSPS) is 11.4. The Morgan fingerprint density at radius 2 is 2.08 bits per heavy atom. The van der Waals surface area contributed by atoms with E-state index in [1.54, 1.807) is 0 Å². The number of ether oxygens (including phenoxy) is 1. The van der Waals surface area contributed by atoms with Crippen LogP contribution in [0.3, 0.4) is 0 Å². The maximum Gasteiger partial charge on any atom is 0.269 e. The van der Waals surface area contributed by atoms with Crippen LogP contribution in [-0.4, -0.2) is 31.3 Å². The lowest BCUT2D eigenvalue weighted by atomic mass is 10.2. The lowest BCUT2D eigenvalue weighted by molar-refractivity contribution is -0.149. The van der Waals surface area contributed by atoms with Gasteiger partial charge < -0.3 is 10.5 Å². The SMILES string of the molecule is CC(C)(C)ONC(=O)COCCN. The molecule has 5 heteroatoms. The van der Waals surface area contributed by atoms with Crippen molar-refractivity contribution in [3.05, 3.63) is 0 Å². The van der Waals surface area contributed by atoms with Crippen LogP contribution in [0.4, 0.5) is 0 Å². The van der Waals surface area contributed by atoms with E-state index in [4.69, 9.17) is 15.3 Å². The first-order valence-electron chi connectivity index (χ1n) is 4.20. The van der Waals surface area contributed by atoms with E-state index in [1.807, 2.05) is 20.8 Å². The molecule has 0 heterocycles. The molecule has 0 aromatic rings. The van der Waals surface area contributed by atoms with Crippen LogP contribution in [0.15, 0.2) is 0 Å². The molecule has 0 saturated heterocycles. The van der Waals surface area contributed by atoms with Gasteiger partial charge in [0.05, 0.1) is 12.2 Å². The fraction of sp³-hybridized carbons (Fsp3) is 0.875. The maximum atomic E-state index is 11.0. The molecule has 0 fully saturated rings. The van der Waals surface area contributed by atoms with E-state index < -0.39 is 0 Å². The Balaban J connectivity index is 3.41. The average Bonchev–Trinajstić information content (AvgIpc) is 2.00. The molecular weight excluding hydrogens is 172 g/mol. The number of carbonyl (C=O) groups excluding carboxylic acids is 1. The Labute approximate surface area is 78.5 Å². The molecule has 0 aromatic carbocycles. The van der Waals surface area contributed by atoms with Crippen molar-refractivity contribution in [2.45, 2.75) is 26.4 Å². The summed E-state index contributed by atoms with van der Waals surface area (Å²) < 4.78 is 4.89. The number of amides is 1. The molecule has 0 saturated carbocycles. The van der Waals surface area contributed by atoms with Gasteiger partial charge in [0.15, 0.2) is 0 Å². The van der Waals surface area contributed by atoms with E-state index >= 15 is 0 Å². The second kappa shape index (κ2) is 5.90. The van der Waals surface area contributed by atoms with Gasteiger partial charge in [-0.05, 0) is 20.8 Å². The summed E-state index contributed by atoms with van der Waals surface area (Å²) in [5.41, 5.74) is 7.06. The molecule has 5 nitrogen and oxygen atoms in total. The molecule has 0 aliphatic carbocycles. The molecule has 1 amide bonds. The Kier molecular flexibility index (Phi) is 5.61. The molecule has 0 spiro atoms. The van der Waals surface area contributed by atoms with Crippen molar-refractivity contribution in [1.29, 1.82) is 0 Å². The molecule has 0 atom stereocenters. The molecular formula is C8H18N2O3. The van der Waals surface area contributed by atoms with Gasteiger partial charge in [0.1, 0.15) is 6.61 Å². The largest absolute Gasteiger partial charge is 0.370 e. The van der Waals surface area contributed by atoms with Gasteiger partial charge in [-0.15, -0.1) is 0 Å². The third-order valence-electron chi connectivity index (χ3n) is 0.966. The van der Waals surface area contributed by atoms with Gasteiger partial charge in [-0.1, -0.05) is 0 Å². The molecule has 0 aliphatic rings. The number of hydroxylamine groups is 1. The molecule has 78 valence electrons. The van der Waals surface area contributed by atoms with Gasteiger partial charge in [0.2, 0.25) is 0 Å². The molecule has 0 radical (unpaired) electrons. The van der Waals surface area contributed by atoms with Crippen molar-refractivity contribution in [1.82, 2.24) is 5.48 Å². The Morgan fingerprint density at radius 1 is 1.46 bits per heavy atom. The minimum atomic E-state index is -0.385. The summed E-state index contributed by atoms with van der Waals surface area (Å²) >= 11 is 0. The average molecular weight is 190 g/mol. The first kappa shape index (κ1) is 12.3. The zero-order valence-electron chi connectivity index (χ0n) is 8.42. The van der Waals surface area contributed by atoms with Crippen molar-refractivity contribution < 1.29 is 14.4 Å². The second-order valence-corrected chi connectivity index (χ2v) is 3.58. The predicted molar refractivity (Wildman–Crippen MR) is 48.9 cm³/mol. The summed E-state index contributed by atoms with van der Waals surface area (Å²) in [6.45, 7) is 6.29. The molecule has 13 heavy (non-hydrogen) atoms. The predicted octanol–water partition coefficient (Wildman–Crippen LogP) is -0.192. The highest BCUT2D eigenvalue weighted by Crippen LogP contribution is 2.02. The van der Waals surface area contributed by atoms with Crippen LogP contribution in [0, 0.1) is 0 Å². The molecule has 0 rings (SSSR count). The van der Waals surface area contributed by atoms with Crippen LogP contribution in [0.25, 0.3) is 0 Å². The number of hydrogen-bond acceptors (Lipinski definition) is 4. The van der Waals surface area contributed by atoms with Crippen LogP contribution in [-0.2, 0) is 14.4 Å². The monoisotopic (exact) mass is 190 g/mol. The van der Waals surface area contributed by atoms with Gasteiger partial charge in [-0.3, -0.25) is 9.63 Å². The molecule has 0 unspecified atom stereocenters.